The summed E-state index contributed by atoms with van der Waals surface area (Å²) in [5.41, 5.74) is 2.67. The number of hydrogen-bond acceptors (Lipinski definition) is 4. The van der Waals surface area contributed by atoms with Crippen LogP contribution in [0.1, 0.15) is 36.5 Å². The Hall–Kier alpha value is -3.68. The first-order valence-electron chi connectivity index (χ1n) is 13.5. The number of rotatable bonds is 10. The quantitative estimate of drug-likeness (QED) is 0.392. The predicted molar refractivity (Wildman–Crippen MR) is 160 cm³/mol. The second-order valence-corrected chi connectivity index (χ2v) is 10.4. The van der Waals surface area contributed by atoms with Crippen LogP contribution in [0.3, 0.4) is 0 Å². The molecule has 1 heterocycles. The molecule has 212 valence electrons. The number of carbonyl (C=O) groups is 3. The highest BCUT2D eigenvalue weighted by Crippen LogP contribution is 2.33. The van der Waals surface area contributed by atoms with E-state index in [0.29, 0.717) is 38.9 Å². The van der Waals surface area contributed by atoms with Crippen molar-refractivity contribution in [3.05, 3.63) is 108 Å². The minimum atomic E-state index is -0.666. The Kier molecular flexibility index (Phi) is 11.3. The molecule has 0 bridgehead atoms. The van der Waals surface area contributed by atoms with Crippen LogP contribution >= 0.6 is 12.4 Å². The molecule has 0 unspecified atom stereocenters. The Morgan fingerprint density at radius 3 is 1.93 bits per heavy atom. The van der Waals surface area contributed by atoms with Crippen LogP contribution in [-0.2, 0) is 32.9 Å². The van der Waals surface area contributed by atoms with Crippen molar-refractivity contribution in [1.29, 1.82) is 0 Å². The number of benzene rings is 3. The minimum absolute atomic E-state index is 0. The summed E-state index contributed by atoms with van der Waals surface area (Å²) in [6.07, 6.45) is 1.83. The number of halogens is 1. The minimum Gasteiger partial charge on any atom is -0.347 e. The molecular weight excluding hydrogens is 524 g/mol. The van der Waals surface area contributed by atoms with Crippen molar-refractivity contribution >= 4 is 30.1 Å². The number of likely N-dealkylation sites (tertiary alicyclic amines) is 1. The maximum absolute atomic E-state index is 13.5. The smallest absolute Gasteiger partial charge is 0.245 e. The Balaban J connectivity index is 0.00000441. The second kappa shape index (κ2) is 14.6. The number of likely N-dealkylation sites (N-methyl/N-ethyl adjacent to an activating group) is 1. The largest absolute Gasteiger partial charge is 0.347 e. The fraction of sp³-hybridized carbons (Fsp3) is 0.344. The van der Waals surface area contributed by atoms with Gasteiger partial charge in [-0.25, -0.2) is 0 Å². The SMILES string of the molecule is CC(=O)NC1(c2ccccc2)CCN(CC(=O)N[C@@H](Cc2ccccc2)C(=O)N(C)Cc2ccccc2)CC1.Cl. The third kappa shape index (κ3) is 8.41. The van der Waals surface area contributed by atoms with Gasteiger partial charge in [0.1, 0.15) is 6.04 Å². The number of amides is 3. The van der Waals surface area contributed by atoms with E-state index in [1.54, 1.807) is 18.9 Å². The topological polar surface area (TPSA) is 81.8 Å². The monoisotopic (exact) mass is 562 g/mol. The van der Waals surface area contributed by atoms with Gasteiger partial charge in [0.15, 0.2) is 0 Å². The molecule has 2 N–H and O–H groups in total. The summed E-state index contributed by atoms with van der Waals surface area (Å²) >= 11 is 0. The lowest BCUT2D eigenvalue weighted by Gasteiger charge is -2.42. The summed E-state index contributed by atoms with van der Waals surface area (Å²) in [6, 6.07) is 28.9. The van der Waals surface area contributed by atoms with Gasteiger partial charge in [-0.05, 0) is 29.5 Å². The Bertz CT molecular complexity index is 1230. The van der Waals surface area contributed by atoms with Crippen LogP contribution in [0, 0.1) is 0 Å². The molecule has 0 aliphatic carbocycles. The summed E-state index contributed by atoms with van der Waals surface area (Å²) < 4.78 is 0. The van der Waals surface area contributed by atoms with E-state index in [1.807, 2.05) is 91.0 Å². The van der Waals surface area contributed by atoms with Crippen molar-refractivity contribution in [1.82, 2.24) is 20.4 Å². The molecule has 7 nitrogen and oxygen atoms in total. The van der Waals surface area contributed by atoms with E-state index < -0.39 is 11.6 Å². The van der Waals surface area contributed by atoms with Gasteiger partial charge in [-0.3, -0.25) is 19.3 Å². The average molecular weight is 563 g/mol. The number of nitrogens with zero attached hydrogens (tertiary/aromatic N) is 2. The molecule has 0 saturated carbocycles. The first-order valence-corrected chi connectivity index (χ1v) is 13.5. The fourth-order valence-electron chi connectivity index (χ4n) is 5.37. The van der Waals surface area contributed by atoms with Gasteiger partial charge in [-0.2, -0.15) is 0 Å². The molecule has 1 atom stereocenters. The number of nitrogens with one attached hydrogen (secondary N) is 2. The molecule has 0 radical (unpaired) electrons. The van der Waals surface area contributed by atoms with E-state index in [-0.39, 0.29) is 36.7 Å². The van der Waals surface area contributed by atoms with E-state index in [4.69, 9.17) is 0 Å². The van der Waals surface area contributed by atoms with Crippen molar-refractivity contribution in [2.45, 2.75) is 44.3 Å². The van der Waals surface area contributed by atoms with Crippen LogP contribution in [0.4, 0.5) is 0 Å². The number of piperidine rings is 1. The van der Waals surface area contributed by atoms with Gasteiger partial charge in [0.2, 0.25) is 17.7 Å². The maximum Gasteiger partial charge on any atom is 0.245 e. The second-order valence-electron chi connectivity index (χ2n) is 10.4. The van der Waals surface area contributed by atoms with E-state index >= 15 is 0 Å². The molecule has 40 heavy (non-hydrogen) atoms. The molecule has 1 aliphatic rings. The Morgan fingerprint density at radius 1 is 0.850 bits per heavy atom. The molecule has 4 rings (SSSR count). The van der Waals surface area contributed by atoms with Crippen molar-refractivity contribution in [2.75, 3.05) is 26.7 Å². The first-order chi connectivity index (χ1) is 18.8. The zero-order valence-electron chi connectivity index (χ0n) is 23.2. The standard InChI is InChI=1S/C32H38N4O3.ClH/c1-25(37)34-32(28-16-10-5-11-17-28)18-20-36(21-19-32)24-30(38)33-29(22-26-12-6-3-7-13-26)31(39)35(2)23-27-14-8-4-9-15-27;/h3-17,29H,18-24H2,1-2H3,(H,33,38)(H,34,37);1H/t29-;/m0./s1. The zero-order chi connectivity index (χ0) is 27.7. The summed E-state index contributed by atoms with van der Waals surface area (Å²) in [5.74, 6) is -0.362. The van der Waals surface area contributed by atoms with Gasteiger partial charge in [0, 0.05) is 40.0 Å². The van der Waals surface area contributed by atoms with Crippen LogP contribution < -0.4 is 10.6 Å². The van der Waals surface area contributed by atoms with Gasteiger partial charge in [-0.15, -0.1) is 12.4 Å². The summed E-state index contributed by atoms with van der Waals surface area (Å²) in [7, 11) is 1.77. The maximum atomic E-state index is 13.5. The molecule has 1 saturated heterocycles. The molecule has 1 aliphatic heterocycles. The van der Waals surface area contributed by atoms with Crippen LogP contribution in [0.15, 0.2) is 91.0 Å². The molecule has 3 aromatic rings. The lowest BCUT2D eigenvalue weighted by Crippen LogP contribution is -2.55. The van der Waals surface area contributed by atoms with E-state index in [2.05, 4.69) is 15.5 Å². The van der Waals surface area contributed by atoms with Crippen molar-refractivity contribution in [2.24, 2.45) is 0 Å². The third-order valence-corrected chi connectivity index (χ3v) is 7.37. The Labute approximate surface area is 243 Å². The predicted octanol–water partition coefficient (Wildman–Crippen LogP) is 3.92. The van der Waals surface area contributed by atoms with Gasteiger partial charge in [0.25, 0.3) is 0 Å². The number of hydrogen-bond donors (Lipinski definition) is 2. The highest BCUT2D eigenvalue weighted by molar-refractivity contribution is 5.88. The van der Waals surface area contributed by atoms with Crippen LogP contribution in [0.5, 0.6) is 0 Å². The molecule has 8 heteroatoms. The third-order valence-electron chi connectivity index (χ3n) is 7.37. The average Bonchev–Trinajstić information content (AvgIpc) is 2.94. The van der Waals surface area contributed by atoms with Crippen molar-refractivity contribution < 1.29 is 14.4 Å². The lowest BCUT2D eigenvalue weighted by atomic mass is 9.80. The van der Waals surface area contributed by atoms with E-state index in [0.717, 1.165) is 16.7 Å². The highest BCUT2D eigenvalue weighted by Gasteiger charge is 2.37. The van der Waals surface area contributed by atoms with Gasteiger partial charge in [0.05, 0.1) is 12.1 Å². The molecule has 3 aromatic carbocycles. The first kappa shape index (κ1) is 30.9. The van der Waals surface area contributed by atoms with Crippen LogP contribution in [0.25, 0.3) is 0 Å². The Morgan fingerprint density at radius 2 is 1.38 bits per heavy atom. The van der Waals surface area contributed by atoms with Crippen LogP contribution in [0.2, 0.25) is 0 Å². The summed E-state index contributed by atoms with van der Waals surface area (Å²) in [4.78, 5) is 42.5. The summed E-state index contributed by atoms with van der Waals surface area (Å²) in [5, 5.41) is 6.20. The molecule has 1 fully saturated rings. The highest BCUT2D eigenvalue weighted by atomic mass is 35.5. The molecule has 0 spiro atoms. The molecule has 0 aromatic heterocycles. The lowest BCUT2D eigenvalue weighted by molar-refractivity contribution is -0.136. The summed E-state index contributed by atoms with van der Waals surface area (Å²) in [6.45, 7) is 3.54. The van der Waals surface area contributed by atoms with E-state index in [9.17, 15) is 14.4 Å². The van der Waals surface area contributed by atoms with Gasteiger partial charge >= 0.3 is 0 Å². The van der Waals surface area contributed by atoms with E-state index in [1.165, 1.54) is 0 Å². The van der Waals surface area contributed by atoms with Crippen molar-refractivity contribution in [3.8, 4) is 0 Å². The number of carbonyl (C=O) groups excluding carboxylic acids is 3. The van der Waals surface area contributed by atoms with Gasteiger partial charge < -0.3 is 15.5 Å². The zero-order valence-corrected chi connectivity index (χ0v) is 24.0. The molecular formula is C32H39ClN4O3. The molecule has 3 amide bonds. The van der Waals surface area contributed by atoms with Crippen LogP contribution in [-0.4, -0.2) is 60.2 Å². The van der Waals surface area contributed by atoms with Crippen molar-refractivity contribution in [3.63, 3.8) is 0 Å². The fourth-order valence-corrected chi connectivity index (χ4v) is 5.37. The van der Waals surface area contributed by atoms with Gasteiger partial charge in [-0.1, -0.05) is 91.0 Å². The normalized spacial score (nSPS) is 15.2.